The third-order valence-corrected chi connectivity index (χ3v) is 5.24. The number of halogens is 4. The van der Waals surface area contributed by atoms with Crippen molar-refractivity contribution in [3.05, 3.63) is 73.3 Å². The van der Waals surface area contributed by atoms with Gasteiger partial charge in [-0.1, -0.05) is 40.9 Å². The Morgan fingerprint density at radius 1 is 1.19 bits per heavy atom. The van der Waals surface area contributed by atoms with E-state index in [2.05, 4.69) is 26.3 Å². The lowest BCUT2D eigenvalue weighted by Crippen LogP contribution is -2.14. The predicted octanol–water partition coefficient (Wildman–Crippen LogP) is 5.92. The van der Waals surface area contributed by atoms with Crippen LogP contribution in [0.2, 0.25) is 15.1 Å². The van der Waals surface area contributed by atoms with Gasteiger partial charge in [-0.05, 0) is 51.8 Å². The zero-order valence-electron chi connectivity index (χ0n) is 14.0. The third-order valence-electron chi connectivity index (χ3n) is 3.68. The lowest BCUT2D eigenvalue weighted by atomic mass is 10.2. The van der Waals surface area contributed by atoms with E-state index >= 15 is 0 Å². The highest BCUT2D eigenvalue weighted by atomic mass is 79.9. The van der Waals surface area contributed by atoms with Gasteiger partial charge >= 0.3 is 0 Å². The Morgan fingerprint density at radius 2 is 1.96 bits per heavy atom. The van der Waals surface area contributed by atoms with Crippen LogP contribution in [0.25, 0.3) is 0 Å². The Morgan fingerprint density at radius 3 is 2.67 bits per heavy atom. The topological polar surface area (TPSA) is 56.1 Å². The minimum atomic E-state index is -0.380. The molecule has 0 aliphatic heterocycles. The average molecular weight is 490 g/mol. The second-order valence-electron chi connectivity index (χ2n) is 5.57. The summed E-state index contributed by atoms with van der Waals surface area (Å²) in [5.41, 5.74) is 1.24. The number of nitrogens with zero attached hydrogens (tertiary/aromatic N) is 2. The van der Waals surface area contributed by atoms with Gasteiger partial charge in [-0.15, -0.1) is 0 Å². The number of carbonyl (C=O) groups is 1. The van der Waals surface area contributed by atoms with Crippen LogP contribution in [0.3, 0.4) is 0 Å². The van der Waals surface area contributed by atoms with E-state index in [1.165, 1.54) is 13.2 Å². The van der Waals surface area contributed by atoms with E-state index < -0.39 is 0 Å². The van der Waals surface area contributed by atoms with Crippen LogP contribution in [-0.2, 0) is 6.54 Å². The number of hydrogen-bond acceptors (Lipinski definition) is 3. The average Bonchev–Trinajstić information content (AvgIpc) is 2.97. The van der Waals surface area contributed by atoms with Crippen LogP contribution < -0.4 is 10.1 Å². The van der Waals surface area contributed by atoms with E-state index in [1.54, 1.807) is 35.1 Å². The molecule has 27 heavy (non-hydrogen) atoms. The summed E-state index contributed by atoms with van der Waals surface area (Å²) in [7, 11) is 1.49. The van der Waals surface area contributed by atoms with Gasteiger partial charge in [0.15, 0.2) is 5.82 Å². The second kappa shape index (κ2) is 8.52. The molecule has 0 spiro atoms. The van der Waals surface area contributed by atoms with Crippen LogP contribution in [0.5, 0.6) is 5.75 Å². The minimum absolute atomic E-state index is 0.316. The number of methoxy groups -OCH3 is 1. The van der Waals surface area contributed by atoms with Crippen LogP contribution in [-0.4, -0.2) is 22.8 Å². The standard InChI is InChI=1S/C18H13BrCl3N3O2/c1-27-16-5-3-11(20)7-12(16)18(26)23-17-13(19)9-25(24-17)8-10-2-4-14(21)15(22)6-10/h2-7,9H,8H2,1H3,(H,23,24,26). The molecule has 0 bridgehead atoms. The van der Waals surface area contributed by atoms with E-state index in [4.69, 9.17) is 39.5 Å². The first kappa shape index (κ1) is 20.0. The molecule has 0 radical (unpaired) electrons. The van der Waals surface area contributed by atoms with Crippen molar-refractivity contribution in [1.82, 2.24) is 9.78 Å². The summed E-state index contributed by atoms with van der Waals surface area (Å²) >= 11 is 21.4. The molecule has 3 rings (SSSR count). The number of hydrogen-bond donors (Lipinski definition) is 1. The van der Waals surface area contributed by atoms with Crippen molar-refractivity contribution in [1.29, 1.82) is 0 Å². The van der Waals surface area contributed by atoms with Gasteiger partial charge in [0.25, 0.3) is 5.91 Å². The minimum Gasteiger partial charge on any atom is -0.496 e. The predicted molar refractivity (Wildman–Crippen MR) is 111 cm³/mol. The molecule has 9 heteroatoms. The molecule has 0 saturated carbocycles. The van der Waals surface area contributed by atoms with E-state index in [1.807, 2.05) is 6.07 Å². The van der Waals surface area contributed by atoms with Crippen LogP contribution in [0.4, 0.5) is 5.82 Å². The van der Waals surface area contributed by atoms with Gasteiger partial charge in [-0.3, -0.25) is 9.48 Å². The molecule has 2 aromatic carbocycles. The fourth-order valence-corrected chi connectivity index (χ4v) is 3.33. The highest BCUT2D eigenvalue weighted by Gasteiger charge is 2.16. The maximum atomic E-state index is 12.6. The van der Waals surface area contributed by atoms with Crippen molar-refractivity contribution in [3.63, 3.8) is 0 Å². The Bertz CT molecular complexity index is 1010. The van der Waals surface area contributed by atoms with Gasteiger partial charge in [0.05, 0.1) is 33.7 Å². The van der Waals surface area contributed by atoms with Gasteiger partial charge in [0.2, 0.25) is 0 Å². The summed E-state index contributed by atoms with van der Waals surface area (Å²) in [6.45, 7) is 0.464. The molecule has 3 aromatic rings. The monoisotopic (exact) mass is 487 g/mol. The fourth-order valence-electron chi connectivity index (χ4n) is 2.42. The number of aromatic nitrogens is 2. The van der Waals surface area contributed by atoms with E-state index in [-0.39, 0.29) is 5.91 Å². The highest BCUT2D eigenvalue weighted by molar-refractivity contribution is 9.10. The number of carbonyl (C=O) groups excluding carboxylic acids is 1. The van der Waals surface area contributed by atoms with Crippen molar-refractivity contribution >= 4 is 62.5 Å². The van der Waals surface area contributed by atoms with Crippen molar-refractivity contribution in [3.8, 4) is 5.75 Å². The van der Waals surface area contributed by atoms with E-state index in [0.717, 1.165) is 5.56 Å². The van der Waals surface area contributed by atoms with Gasteiger partial charge in [0.1, 0.15) is 5.75 Å². The molecule has 5 nitrogen and oxygen atoms in total. The van der Waals surface area contributed by atoms with Crippen molar-refractivity contribution in [2.45, 2.75) is 6.54 Å². The molecule has 1 N–H and O–H groups in total. The third kappa shape index (κ3) is 4.76. The first-order valence-corrected chi connectivity index (χ1v) is 9.62. The Hall–Kier alpha value is -1.73. The quantitative estimate of drug-likeness (QED) is 0.484. The molecular formula is C18H13BrCl3N3O2. The zero-order valence-corrected chi connectivity index (χ0v) is 17.8. The Balaban J connectivity index is 1.79. The van der Waals surface area contributed by atoms with E-state index in [0.29, 0.717) is 43.2 Å². The molecule has 1 amide bonds. The molecule has 0 fully saturated rings. The van der Waals surface area contributed by atoms with Crippen LogP contribution in [0, 0.1) is 0 Å². The molecule has 1 aromatic heterocycles. The maximum absolute atomic E-state index is 12.6. The number of rotatable bonds is 5. The summed E-state index contributed by atoms with van der Waals surface area (Å²) in [5, 5.41) is 8.54. The molecule has 0 aliphatic carbocycles. The first-order valence-electron chi connectivity index (χ1n) is 7.69. The Labute approximate surface area is 179 Å². The molecule has 0 saturated heterocycles. The van der Waals surface area contributed by atoms with Gasteiger partial charge in [-0.2, -0.15) is 5.10 Å². The highest BCUT2D eigenvalue weighted by Crippen LogP contribution is 2.27. The number of nitrogens with one attached hydrogen (secondary N) is 1. The molecule has 0 atom stereocenters. The molecular weight excluding hydrogens is 476 g/mol. The van der Waals surface area contributed by atoms with Crippen molar-refractivity contribution in [2.24, 2.45) is 0 Å². The van der Waals surface area contributed by atoms with E-state index in [9.17, 15) is 4.79 Å². The molecule has 0 aliphatic rings. The summed E-state index contributed by atoms with van der Waals surface area (Å²) in [4.78, 5) is 12.6. The number of anilines is 1. The summed E-state index contributed by atoms with van der Waals surface area (Å²) in [6, 6.07) is 10.2. The number of ether oxygens (including phenoxy) is 1. The molecule has 140 valence electrons. The van der Waals surface area contributed by atoms with Gasteiger partial charge in [-0.25, -0.2) is 0 Å². The largest absolute Gasteiger partial charge is 0.496 e. The molecule has 1 heterocycles. The maximum Gasteiger partial charge on any atom is 0.260 e. The normalized spacial score (nSPS) is 10.7. The van der Waals surface area contributed by atoms with Crippen LogP contribution in [0.1, 0.15) is 15.9 Å². The van der Waals surface area contributed by atoms with Crippen molar-refractivity contribution < 1.29 is 9.53 Å². The number of amides is 1. The fraction of sp³-hybridized carbons (Fsp3) is 0.111. The summed E-state index contributed by atoms with van der Waals surface area (Å²) < 4.78 is 7.53. The summed E-state index contributed by atoms with van der Waals surface area (Å²) in [6.07, 6.45) is 1.76. The van der Waals surface area contributed by atoms with Gasteiger partial charge in [0, 0.05) is 11.2 Å². The van der Waals surface area contributed by atoms with Crippen LogP contribution >= 0.6 is 50.7 Å². The number of benzene rings is 2. The Kier molecular flexibility index (Phi) is 6.32. The van der Waals surface area contributed by atoms with Gasteiger partial charge < -0.3 is 10.1 Å². The first-order chi connectivity index (χ1) is 12.9. The SMILES string of the molecule is COc1ccc(Cl)cc1C(=O)Nc1nn(Cc2ccc(Cl)c(Cl)c2)cc1Br. The second-order valence-corrected chi connectivity index (χ2v) is 7.68. The lowest BCUT2D eigenvalue weighted by molar-refractivity contribution is 0.102. The van der Waals surface area contributed by atoms with Crippen molar-refractivity contribution in [2.75, 3.05) is 12.4 Å². The smallest absolute Gasteiger partial charge is 0.260 e. The zero-order chi connectivity index (χ0) is 19.6. The lowest BCUT2D eigenvalue weighted by Gasteiger charge is -2.08. The summed E-state index contributed by atoms with van der Waals surface area (Å²) in [5.74, 6) is 0.417. The molecule has 0 unspecified atom stereocenters. The van der Waals surface area contributed by atoms with Crippen LogP contribution in [0.15, 0.2) is 47.1 Å².